The molecule has 178 valence electrons. The average Bonchev–Trinajstić information content (AvgIpc) is 3.40. The van der Waals surface area contributed by atoms with Crippen LogP contribution in [0.4, 0.5) is 0 Å². The van der Waals surface area contributed by atoms with Gasteiger partial charge in [0.15, 0.2) is 0 Å². The highest BCUT2D eigenvalue weighted by Crippen LogP contribution is 2.22. The largest absolute Gasteiger partial charge is 0.377 e. The minimum Gasteiger partial charge on any atom is -0.377 e. The molecule has 8 heteroatoms. The number of ether oxygens (including phenoxy) is 4. The Labute approximate surface area is 186 Å². The molecule has 2 heterocycles. The first-order chi connectivity index (χ1) is 14.9. The maximum Gasteiger partial charge on any atom is 0.142 e. The van der Waals surface area contributed by atoms with E-state index >= 15 is 0 Å². The second kappa shape index (κ2) is 15.1. The second-order valence-electron chi connectivity index (χ2n) is 8.14. The number of aromatic nitrogens is 2. The molecule has 0 aliphatic carbocycles. The van der Waals surface area contributed by atoms with E-state index in [1.807, 2.05) is 26.0 Å². The Balaban J connectivity index is 0.00000233. The molecule has 0 radical (unpaired) electrons. The molecule has 0 aromatic carbocycles. The highest BCUT2D eigenvalue weighted by molar-refractivity contribution is 5.12. The molecule has 0 saturated heterocycles. The Hall–Kier alpha value is -1.74. The molecule has 31 heavy (non-hydrogen) atoms. The van der Waals surface area contributed by atoms with Crippen molar-refractivity contribution in [1.82, 2.24) is 10.3 Å². The average molecular weight is 441 g/mol. The highest BCUT2D eigenvalue weighted by atomic mass is 16.6. The fourth-order valence-corrected chi connectivity index (χ4v) is 2.31. The van der Waals surface area contributed by atoms with E-state index in [9.17, 15) is 0 Å². The molecule has 0 spiro atoms. The van der Waals surface area contributed by atoms with Gasteiger partial charge < -0.3 is 28.0 Å². The Kier molecular flexibility index (Phi) is 13.3. The fourth-order valence-electron chi connectivity index (χ4n) is 2.31. The number of hydrogen-bond donors (Lipinski definition) is 0. The molecular formula is C23H40N2O6. The zero-order valence-corrected chi connectivity index (χ0v) is 20.2. The van der Waals surface area contributed by atoms with Crippen LogP contribution in [-0.4, -0.2) is 50.0 Å². The summed E-state index contributed by atoms with van der Waals surface area (Å²) in [4.78, 5) is 0. The number of rotatable bonds is 14. The van der Waals surface area contributed by atoms with E-state index in [1.165, 1.54) is 0 Å². The van der Waals surface area contributed by atoms with Crippen LogP contribution in [0, 0.1) is 0 Å². The van der Waals surface area contributed by atoms with Crippen molar-refractivity contribution < 1.29 is 28.0 Å². The van der Waals surface area contributed by atoms with Crippen LogP contribution in [0.1, 0.15) is 77.3 Å². The summed E-state index contributed by atoms with van der Waals surface area (Å²) < 4.78 is 32.5. The maximum atomic E-state index is 5.54. The summed E-state index contributed by atoms with van der Waals surface area (Å²) in [7, 11) is 0. The Morgan fingerprint density at radius 2 is 1.19 bits per heavy atom. The van der Waals surface area contributed by atoms with E-state index in [1.54, 1.807) is 0 Å². The van der Waals surface area contributed by atoms with Crippen LogP contribution in [0.2, 0.25) is 0 Å². The fraction of sp³-hybridized carbons (Fsp3) is 0.739. The van der Waals surface area contributed by atoms with Crippen LogP contribution in [0.3, 0.4) is 0 Å². The summed E-state index contributed by atoms with van der Waals surface area (Å²) in [6.07, 6.45) is 0. The SMILES string of the molecule is CC.CC(C)c1cc(COCCOCCOCCOCc2cc(C(C)(C)C)on2)no1. The van der Waals surface area contributed by atoms with Crippen molar-refractivity contribution in [1.29, 1.82) is 0 Å². The van der Waals surface area contributed by atoms with Crippen molar-refractivity contribution >= 4 is 0 Å². The van der Waals surface area contributed by atoms with Crippen LogP contribution in [-0.2, 0) is 37.6 Å². The molecule has 2 aromatic heterocycles. The van der Waals surface area contributed by atoms with Crippen molar-refractivity contribution in [3.05, 3.63) is 35.0 Å². The molecule has 2 rings (SSSR count). The summed E-state index contributed by atoms with van der Waals surface area (Å²) in [5, 5.41) is 7.98. The topological polar surface area (TPSA) is 89.0 Å². The Morgan fingerprint density at radius 1 is 0.742 bits per heavy atom. The molecule has 8 nitrogen and oxygen atoms in total. The van der Waals surface area contributed by atoms with Gasteiger partial charge in [-0.2, -0.15) is 0 Å². The van der Waals surface area contributed by atoms with Crippen LogP contribution in [0.25, 0.3) is 0 Å². The lowest BCUT2D eigenvalue weighted by Gasteiger charge is -2.12. The van der Waals surface area contributed by atoms with E-state index in [2.05, 4.69) is 44.9 Å². The Morgan fingerprint density at radius 3 is 1.61 bits per heavy atom. The molecule has 0 fully saturated rings. The van der Waals surface area contributed by atoms with Crippen LogP contribution < -0.4 is 0 Å². The summed E-state index contributed by atoms with van der Waals surface area (Å²) >= 11 is 0. The third-order valence-electron chi connectivity index (χ3n) is 4.06. The predicted molar refractivity (Wildman–Crippen MR) is 118 cm³/mol. The summed E-state index contributed by atoms with van der Waals surface area (Å²) in [6, 6.07) is 3.86. The third-order valence-corrected chi connectivity index (χ3v) is 4.06. The lowest BCUT2D eigenvalue weighted by Crippen LogP contribution is -2.12. The standard InChI is InChI=1S/C21H34N2O6.C2H6/c1-16(2)19-12-17(22-28-19)14-26-10-8-24-6-7-25-9-11-27-15-18-13-20(29-23-18)21(3,4)5;1-2/h12-13,16H,6-11,14-15H2,1-5H3;1-2H3. The number of hydrogen-bond acceptors (Lipinski definition) is 8. The molecule has 0 N–H and O–H groups in total. The number of nitrogens with zero attached hydrogens (tertiary/aromatic N) is 2. The molecule has 0 atom stereocenters. The van der Waals surface area contributed by atoms with Gasteiger partial charge in [-0.25, -0.2) is 0 Å². The van der Waals surface area contributed by atoms with Crippen LogP contribution in [0.15, 0.2) is 21.2 Å². The monoisotopic (exact) mass is 440 g/mol. The normalized spacial score (nSPS) is 11.6. The smallest absolute Gasteiger partial charge is 0.142 e. The molecule has 0 bridgehead atoms. The Bertz CT molecular complexity index is 690. The molecule has 0 saturated carbocycles. The van der Waals surface area contributed by atoms with Gasteiger partial charge in [0.05, 0.1) is 52.9 Å². The highest BCUT2D eigenvalue weighted by Gasteiger charge is 2.19. The van der Waals surface area contributed by atoms with E-state index < -0.39 is 0 Å². The quantitative estimate of drug-likeness (QED) is 0.384. The van der Waals surface area contributed by atoms with E-state index in [0.717, 1.165) is 22.9 Å². The third kappa shape index (κ3) is 11.4. The van der Waals surface area contributed by atoms with Crippen LogP contribution in [0.5, 0.6) is 0 Å². The summed E-state index contributed by atoms with van der Waals surface area (Å²) in [5.41, 5.74) is 1.55. The van der Waals surface area contributed by atoms with E-state index in [4.69, 9.17) is 28.0 Å². The lowest BCUT2D eigenvalue weighted by atomic mass is 9.93. The van der Waals surface area contributed by atoms with Gasteiger partial charge in [0.25, 0.3) is 0 Å². The zero-order chi connectivity index (χ0) is 23.1. The first-order valence-corrected chi connectivity index (χ1v) is 11.1. The predicted octanol–water partition coefficient (Wildman–Crippen LogP) is 4.88. The van der Waals surface area contributed by atoms with E-state index in [0.29, 0.717) is 58.8 Å². The lowest BCUT2D eigenvalue weighted by molar-refractivity contribution is -0.00717. The molecule has 0 amide bonds. The molecular weight excluding hydrogens is 400 g/mol. The summed E-state index contributed by atoms with van der Waals surface area (Å²) in [5.74, 6) is 2.06. The van der Waals surface area contributed by atoms with Gasteiger partial charge in [0.2, 0.25) is 0 Å². The van der Waals surface area contributed by atoms with Gasteiger partial charge in [-0.05, 0) is 0 Å². The van der Waals surface area contributed by atoms with Gasteiger partial charge in [0.1, 0.15) is 22.9 Å². The maximum absolute atomic E-state index is 5.54. The molecule has 0 aliphatic heterocycles. The van der Waals surface area contributed by atoms with Gasteiger partial charge >= 0.3 is 0 Å². The first-order valence-electron chi connectivity index (χ1n) is 11.1. The van der Waals surface area contributed by atoms with Gasteiger partial charge in [-0.3, -0.25) is 0 Å². The zero-order valence-electron chi connectivity index (χ0n) is 20.2. The van der Waals surface area contributed by atoms with Gasteiger partial charge in [-0.15, -0.1) is 0 Å². The minimum atomic E-state index is -0.0488. The van der Waals surface area contributed by atoms with Crippen molar-refractivity contribution in [3.8, 4) is 0 Å². The van der Waals surface area contributed by atoms with Crippen LogP contribution >= 0.6 is 0 Å². The molecule has 0 aliphatic rings. The second-order valence-corrected chi connectivity index (χ2v) is 8.14. The molecule has 2 aromatic rings. The van der Waals surface area contributed by atoms with Gasteiger partial charge in [-0.1, -0.05) is 58.8 Å². The molecule has 0 unspecified atom stereocenters. The van der Waals surface area contributed by atoms with Crippen molar-refractivity contribution in [3.63, 3.8) is 0 Å². The van der Waals surface area contributed by atoms with Crippen molar-refractivity contribution in [2.24, 2.45) is 0 Å². The summed E-state index contributed by atoms with van der Waals surface area (Å²) in [6.45, 7) is 18.3. The first kappa shape index (κ1) is 27.3. The van der Waals surface area contributed by atoms with Crippen molar-refractivity contribution in [2.75, 3.05) is 39.6 Å². The van der Waals surface area contributed by atoms with Crippen molar-refractivity contribution in [2.45, 2.75) is 73.0 Å². The van der Waals surface area contributed by atoms with Gasteiger partial charge in [0, 0.05) is 23.5 Å². The van der Waals surface area contributed by atoms with E-state index in [-0.39, 0.29) is 5.41 Å². The minimum absolute atomic E-state index is 0.0488.